The van der Waals surface area contributed by atoms with Crippen molar-refractivity contribution in [3.8, 4) is 0 Å². The Balaban J connectivity index is 1.32. The number of sulfonamides is 1. The van der Waals surface area contributed by atoms with Crippen molar-refractivity contribution in [3.63, 3.8) is 0 Å². The van der Waals surface area contributed by atoms with Gasteiger partial charge in [-0.1, -0.05) is 47.5 Å². The third-order valence-electron chi connectivity index (χ3n) is 6.84. The Morgan fingerprint density at radius 3 is 2.56 bits per heavy atom. The van der Waals surface area contributed by atoms with Crippen LogP contribution in [0.4, 0.5) is 5.69 Å². The Kier molecular flexibility index (Phi) is 7.01. The van der Waals surface area contributed by atoms with Gasteiger partial charge in [0, 0.05) is 47.1 Å². The largest absolute Gasteiger partial charge is 0.341 e. The quantitative estimate of drug-likeness (QED) is 0.310. The molecule has 2 heterocycles. The number of nitrogens with zero attached hydrogens (tertiary/aromatic N) is 2. The van der Waals surface area contributed by atoms with Crippen molar-refractivity contribution in [2.24, 2.45) is 5.92 Å². The van der Waals surface area contributed by atoms with E-state index in [1.54, 1.807) is 18.2 Å². The number of carbonyl (C=O) groups excluding carboxylic acids is 1. The van der Waals surface area contributed by atoms with Gasteiger partial charge in [-0.15, -0.1) is 0 Å². The number of amides is 1. The summed E-state index contributed by atoms with van der Waals surface area (Å²) in [5.41, 5.74) is 3.56. The molecule has 1 N–H and O–H groups in total. The van der Waals surface area contributed by atoms with Crippen LogP contribution in [0.25, 0.3) is 21.8 Å². The van der Waals surface area contributed by atoms with Gasteiger partial charge >= 0.3 is 0 Å². The monoisotopic (exact) mass is 543 g/mol. The van der Waals surface area contributed by atoms with Crippen molar-refractivity contribution in [2.45, 2.75) is 32.1 Å². The summed E-state index contributed by atoms with van der Waals surface area (Å²) in [6, 6.07) is 19.0. The van der Waals surface area contributed by atoms with E-state index in [0.29, 0.717) is 40.7 Å². The van der Waals surface area contributed by atoms with Crippen molar-refractivity contribution in [1.29, 1.82) is 0 Å². The van der Waals surface area contributed by atoms with Crippen molar-refractivity contribution < 1.29 is 13.2 Å². The Morgan fingerprint density at radius 2 is 1.78 bits per heavy atom. The molecule has 6 nitrogen and oxygen atoms in total. The minimum Gasteiger partial charge on any atom is -0.341 e. The molecule has 1 aliphatic heterocycles. The summed E-state index contributed by atoms with van der Waals surface area (Å²) < 4.78 is 29.9. The van der Waals surface area contributed by atoms with E-state index >= 15 is 0 Å². The summed E-state index contributed by atoms with van der Waals surface area (Å²) in [6.07, 6.45) is 1.27. The Hall–Kier alpha value is -2.58. The number of fused-ring (bicyclic) bond motifs is 3. The Bertz CT molecular complexity index is 1570. The summed E-state index contributed by atoms with van der Waals surface area (Å²) in [5, 5.41) is 5.95. The summed E-state index contributed by atoms with van der Waals surface area (Å²) in [7, 11) is -3.61. The molecule has 0 spiro atoms. The highest BCUT2D eigenvalue weighted by atomic mass is 35.5. The fraction of sp³-hybridized carbons (Fsp3) is 0.296. The molecule has 36 heavy (non-hydrogen) atoms. The third kappa shape index (κ3) is 4.85. The van der Waals surface area contributed by atoms with Crippen LogP contribution in [0.3, 0.4) is 0 Å². The van der Waals surface area contributed by atoms with Crippen LogP contribution in [0.15, 0.2) is 60.7 Å². The molecule has 0 radical (unpaired) electrons. The SMILES string of the molecule is CCn1c2ccccc2c2cc(NC(=O)[C@@H]3CCCN(S(=O)(=O)Cc4ccc(Cl)c(Cl)c4)C3)ccc21. The number of para-hydroxylation sites is 1. The third-order valence-corrected chi connectivity index (χ3v) is 9.39. The van der Waals surface area contributed by atoms with Crippen molar-refractivity contribution in [1.82, 2.24) is 8.87 Å². The average molecular weight is 545 g/mol. The predicted molar refractivity (Wildman–Crippen MR) is 147 cm³/mol. The number of anilines is 1. The predicted octanol–water partition coefficient (Wildman–Crippen LogP) is 6.30. The van der Waals surface area contributed by atoms with E-state index in [1.807, 2.05) is 30.3 Å². The number of piperidine rings is 1. The summed E-state index contributed by atoms with van der Waals surface area (Å²) in [5.74, 6) is -0.769. The van der Waals surface area contributed by atoms with Crippen molar-refractivity contribution in [2.75, 3.05) is 18.4 Å². The maximum absolute atomic E-state index is 13.2. The van der Waals surface area contributed by atoms with Gasteiger partial charge in [0.25, 0.3) is 0 Å². The molecule has 3 aromatic carbocycles. The van der Waals surface area contributed by atoms with Crippen LogP contribution < -0.4 is 5.32 Å². The molecular formula is C27H27Cl2N3O3S. The lowest BCUT2D eigenvalue weighted by atomic mass is 9.98. The van der Waals surface area contributed by atoms with Gasteiger partial charge < -0.3 is 9.88 Å². The van der Waals surface area contributed by atoms with E-state index in [9.17, 15) is 13.2 Å². The first-order valence-electron chi connectivity index (χ1n) is 12.0. The van der Waals surface area contributed by atoms with E-state index < -0.39 is 15.9 Å². The first kappa shape index (κ1) is 25.1. The standard InChI is InChI=1S/C27H27Cl2N3O3S/c1-2-32-25-8-4-3-7-21(25)22-15-20(10-12-26(22)32)30-27(33)19-6-5-13-31(16-19)36(34,35)17-18-9-11-23(28)24(29)14-18/h3-4,7-12,14-15,19H,2,5-6,13,16-17H2,1H3,(H,30,33)/t19-/m1/s1. The van der Waals surface area contributed by atoms with Gasteiger partial charge in [0.05, 0.1) is 21.7 Å². The maximum Gasteiger partial charge on any atom is 0.228 e. The number of hydrogen-bond donors (Lipinski definition) is 1. The highest BCUT2D eigenvalue weighted by Gasteiger charge is 2.32. The number of nitrogens with one attached hydrogen (secondary N) is 1. The zero-order valence-electron chi connectivity index (χ0n) is 19.9. The number of benzene rings is 3. The van der Waals surface area contributed by atoms with E-state index in [0.717, 1.165) is 28.4 Å². The molecule has 0 unspecified atom stereocenters. The number of aromatic nitrogens is 1. The van der Waals surface area contributed by atoms with E-state index in [2.05, 4.69) is 28.9 Å². The minimum atomic E-state index is -3.61. The molecule has 1 atom stereocenters. The molecule has 1 amide bonds. The number of rotatable bonds is 6. The molecule has 4 aromatic rings. The fourth-order valence-electron chi connectivity index (χ4n) is 5.06. The summed E-state index contributed by atoms with van der Waals surface area (Å²) in [4.78, 5) is 13.2. The van der Waals surface area contributed by atoms with Crippen molar-refractivity contribution in [3.05, 3.63) is 76.3 Å². The second-order valence-corrected chi connectivity index (χ2v) is 12.0. The second-order valence-electron chi connectivity index (χ2n) is 9.18. The van der Waals surface area contributed by atoms with E-state index in [-0.39, 0.29) is 18.2 Å². The maximum atomic E-state index is 13.2. The fourth-order valence-corrected chi connectivity index (χ4v) is 6.98. The first-order valence-corrected chi connectivity index (χ1v) is 14.4. The van der Waals surface area contributed by atoms with Crippen LogP contribution in [0.1, 0.15) is 25.3 Å². The van der Waals surface area contributed by atoms with Crippen LogP contribution in [0.5, 0.6) is 0 Å². The molecule has 0 aliphatic carbocycles. The van der Waals surface area contributed by atoms with Crippen LogP contribution >= 0.6 is 23.2 Å². The lowest BCUT2D eigenvalue weighted by Crippen LogP contribution is -2.44. The number of carbonyl (C=O) groups is 1. The van der Waals surface area contributed by atoms with Gasteiger partial charge in [0.15, 0.2) is 0 Å². The summed E-state index contributed by atoms with van der Waals surface area (Å²) >= 11 is 12.0. The van der Waals surface area contributed by atoms with Gasteiger partial charge in [-0.2, -0.15) is 0 Å². The van der Waals surface area contributed by atoms with Gasteiger partial charge in [-0.05, 0) is 61.7 Å². The molecule has 1 fully saturated rings. The van der Waals surface area contributed by atoms with Crippen LogP contribution in [0, 0.1) is 5.92 Å². The zero-order valence-corrected chi connectivity index (χ0v) is 22.2. The molecular weight excluding hydrogens is 517 g/mol. The van der Waals surface area contributed by atoms with Gasteiger partial charge in [-0.25, -0.2) is 12.7 Å². The first-order chi connectivity index (χ1) is 17.3. The molecule has 9 heteroatoms. The number of halogens is 2. The highest BCUT2D eigenvalue weighted by Crippen LogP contribution is 2.32. The Labute approximate surface area is 220 Å². The Morgan fingerprint density at radius 1 is 1.00 bits per heavy atom. The lowest BCUT2D eigenvalue weighted by Gasteiger charge is -2.31. The number of aryl methyl sites for hydroxylation is 1. The molecule has 0 bridgehead atoms. The molecule has 5 rings (SSSR count). The minimum absolute atomic E-state index is 0.160. The summed E-state index contributed by atoms with van der Waals surface area (Å²) in [6.45, 7) is 3.53. The van der Waals surface area contributed by atoms with E-state index in [4.69, 9.17) is 23.2 Å². The van der Waals surface area contributed by atoms with Crippen LogP contribution in [-0.4, -0.2) is 36.3 Å². The topological polar surface area (TPSA) is 71.4 Å². The molecule has 188 valence electrons. The van der Waals surface area contributed by atoms with Crippen LogP contribution in [0.2, 0.25) is 10.0 Å². The van der Waals surface area contributed by atoms with Crippen molar-refractivity contribution >= 4 is 66.6 Å². The van der Waals surface area contributed by atoms with Gasteiger partial charge in [0.2, 0.25) is 15.9 Å². The molecule has 1 aromatic heterocycles. The van der Waals surface area contributed by atoms with Gasteiger partial charge in [0.1, 0.15) is 0 Å². The van der Waals surface area contributed by atoms with Crippen LogP contribution in [-0.2, 0) is 27.1 Å². The second kappa shape index (κ2) is 10.1. The lowest BCUT2D eigenvalue weighted by molar-refractivity contribution is -0.120. The van der Waals surface area contributed by atoms with Gasteiger partial charge in [-0.3, -0.25) is 4.79 Å². The number of hydrogen-bond acceptors (Lipinski definition) is 3. The molecule has 1 saturated heterocycles. The zero-order chi connectivity index (χ0) is 25.4. The molecule has 0 saturated carbocycles. The molecule has 1 aliphatic rings. The van der Waals surface area contributed by atoms with E-state index in [1.165, 1.54) is 4.31 Å². The highest BCUT2D eigenvalue weighted by molar-refractivity contribution is 7.88. The normalized spacial score (nSPS) is 17.0. The average Bonchev–Trinajstić information content (AvgIpc) is 3.19. The smallest absolute Gasteiger partial charge is 0.228 e.